The predicted octanol–water partition coefficient (Wildman–Crippen LogP) is 4.53. The molecule has 0 spiro atoms. The van der Waals surface area contributed by atoms with Crippen LogP contribution in [0, 0.1) is 0 Å². The molecule has 0 fully saturated rings. The van der Waals surface area contributed by atoms with Gasteiger partial charge >= 0.3 is 0 Å². The van der Waals surface area contributed by atoms with Gasteiger partial charge in [-0.25, -0.2) is 0 Å². The maximum atomic E-state index is 13.7. The van der Waals surface area contributed by atoms with E-state index < -0.39 is 12.0 Å². The van der Waals surface area contributed by atoms with Crippen LogP contribution in [0.2, 0.25) is 0 Å². The Balaban J connectivity index is 1.53. The molecular formula is C26H26N2O4S. The van der Waals surface area contributed by atoms with Gasteiger partial charge < -0.3 is 19.7 Å². The van der Waals surface area contributed by atoms with Gasteiger partial charge in [0, 0.05) is 23.5 Å². The number of ether oxygens (including phenoxy) is 2. The highest BCUT2D eigenvalue weighted by molar-refractivity contribution is 7.09. The fourth-order valence-electron chi connectivity index (χ4n) is 4.70. The van der Waals surface area contributed by atoms with Crippen molar-refractivity contribution in [3.63, 3.8) is 0 Å². The third-order valence-corrected chi connectivity index (χ3v) is 7.11. The minimum Gasteiger partial charge on any atom is -0.454 e. The lowest BCUT2D eigenvalue weighted by atomic mass is 9.79. The summed E-state index contributed by atoms with van der Waals surface area (Å²) < 4.78 is 11.1. The fraction of sp³-hybridized carbons (Fsp3) is 0.308. The van der Waals surface area contributed by atoms with Gasteiger partial charge in [-0.15, -0.1) is 11.3 Å². The van der Waals surface area contributed by atoms with Crippen molar-refractivity contribution in [2.45, 2.75) is 31.7 Å². The number of fused-ring (bicyclic) bond motifs is 2. The van der Waals surface area contributed by atoms with E-state index in [1.165, 1.54) is 4.88 Å². The maximum absolute atomic E-state index is 13.7. The van der Waals surface area contributed by atoms with Gasteiger partial charge in [0.15, 0.2) is 11.5 Å². The summed E-state index contributed by atoms with van der Waals surface area (Å²) in [7, 11) is 0. The number of amides is 2. The molecule has 2 atom stereocenters. The smallest absolute Gasteiger partial charge is 0.254 e. The SMILES string of the molecule is CCCN1C(=O)c2ccccc2C(C(=O)NCCc2cccs2)C1c1ccc2c(c1)OCO2. The number of benzene rings is 2. The van der Waals surface area contributed by atoms with E-state index in [2.05, 4.69) is 11.4 Å². The van der Waals surface area contributed by atoms with Crippen molar-refractivity contribution in [3.8, 4) is 11.5 Å². The van der Waals surface area contributed by atoms with E-state index in [1.54, 1.807) is 11.3 Å². The molecule has 0 aliphatic carbocycles. The van der Waals surface area contributed by atoms with Crippen molar-refractivity contribution >= 4 is 23.2 Å². The van der Waals surface area contributed by atoms with Gasteiger partial charge in [-0.05, 0) is 53.6 Å². The zero-order valence-corrected chi connectivity index (χ0v) is 19.3. The summed E-state index contributed by atoms with van der Waals surface area (Å²) in [4.78, 5) is 30.2. The minimum absolute atomic E-state index is 0.0437. The Labute approximate surface area is 197 Å². The second-order valence-corrected chi connectivity index (χ2v) is 9.27. The Morgan fingerprint density at radius 2 is 1.97 bits per heavy atom. The summed E-state index contributed by atoms with van der Waals surface area (Å²) in [6, 6.07) is 16.8. The highest BCUT2D eigenvalue weighted by Crippen LogP contribution is 2.45. The molecule has 2 aliphatic heterocycles. The first kappa shape index (κ1) is 21.5. The molecule has 170 valence electrons. The van der Waals surface area contributed by atoms with Gasteiger partial charge in [-0.1, -0.05) is 37.3 Å². The summed E-state index contributed by atoms with van der Waals surface area (Å²) in [6.45, 7) is 3.33. The normalized spacial score (nSPS) is 18.8. The molecule has 1 N–H and O–H groups in total. The molecule has 0 bridgehead atoms. The fourth-order valence-corrected chi connectivity index (χ4v) is 5.41. The number of rotatable bonds is 7. The second-order valence-electron chi connectivity index (χ2n) is 8.24. The van der Waals surface area contributed by atoms with Crippen LogP contribution >= 0.6 is 11.3 Å². The monoisotopic (exact) mass is 462 g/mol. The Bertz CT molecular complexity index is 1160. The van der Waals surface area contributed by atoms with Gasteiger partial charge in [0.05, 0.1) is 12.0 Å². The van der Waals surface area contributed by atoms with E-state index >= 15 is 0 Å². The van der Waals surface area contributed by atoms with E-state index in [1.807, 2.05) is 65.7 Å². The van der Waals surface area contributed by atoms with Crippen molar-refractivity contribution in [3.05, 3.63) is 81.5 Å². The number of nitrogens with zero attached hydrogens (tertiary/aromatic N) is 1. The van der Waals surface area contributed by atoms with E-state index in [4.69, 9.17) is 9.47 Å². The molecule has 2 amide bonds. The Morgan fingerprint density at radius 1 is 1.12 bits per heavy atom. The molecule has 33 heavy (non-hydrogen) atoms. The number of carbonyl (C=O) groups excluding carboxylic acids is 2. The van der Waals surface area contributed by atoms with Crippen LogP contribution in [0.5, 0.6) is 11.5 Å². The quantitative estimate of drug-likeness (QED) is 0.560. The topological polar surface area (TPSA) is 67.9 Å². The molecule has 2 aromatic carbocycles. The first-order chi connectivity index (χ1) is 16.2. The number of carbonyl (C=O) groups is 2. The average molecular weight is 463 g/mol. The van der Waals surface area contributed by atoms with Crippen molar-refractivity contribution in [2.24, 2.45) is 0 Å². The van der Waals surface area contributed by atoms with Crippen LogP contribution in [0.1, 0.15) is 51.7 Å². The summed E-state index contributed by atoms with van der Waals surface area (Å²) in [5.41, 5.74) is 2.24. The molecule has 1 aromatic heterocycles. The Hall–Kier alpha value is -3.32. The average Bonchev–Trinajstić information content (AvgIpc) is 3.52. The van der Waals surface area contributed by atoms with Crippen molar-refractivity contribution < 1.29 is 19.1 Å². The molecule has 0 saturated carbocycles. The van der Waals surface area contributed by atoms with Crippen LogP contribution in [-0.4, -0.2) is 36.6 Å². The molecule has 0 radical (unpaired) electrons. The molecule has 3 heterocycles. The number of hydrogen-bond acceptors (Lipinski definition) is 5. The lowest BCUT2D eigenvalue weighted by molar-refractivity contribution is -0.124. The third kappa shape index (κ3) is 4.09. The van der Waals surface area contributed by atoms with Crippen molar-refractivity contribution in [1.82, 2.24) is 10.2 Å². The maximum Gasteiger partial charge on any atom is 0.254 e. The Kier molecular flexibility index (Phi) is 6.05. The minimum atomic E-state index is -0.519. The molecule has 0 saturated heterocycles. The lowest BCUT2D eigenvalue weighted by Crippen LogP contribution is -2.47. The zero-order chi connectivity index (χ0) is 22.8. The van der Waals surface area contributed by atoms with Gasteiger partial charge in [0.1, 0.15) is 0 Å². The van der Waals surface area contributed by atoms with Crippen LogP contribution < -0.4 is 14.8 Å². The zero-order valence-electron chi connectivity index (χ0n) is 18.5. The first-order valence-corrected chi connectivity index (χ1v) is 12.1. The number of thiophene rings is 1. The van der Waals surface area contributed by atoms with E-state index in [9.17, 15) is 9.59 Å². The predicted molar refractivity (Wildman–Crippen MR) is 127 cm³/mol. The summed E-state index contributed by atoms with van der Waals surface area (Å²) in [5, 5.41) is 5.18. The summed E-state index contributed by atoms with van der Waals surface area (Å²) in [6.07, 6.45) is 1.58. The van der Waals surface area contributed by atoms with Crippen LogP contribution in [0.4, 0.5) is 0 Å². The highest BCUT2D eigenvalue weighted by Gasteiger charge is 2.44. The number of hydrogen-bond donors (Lipinski definition) is 1. The van der Waals surface area contributed by atoms with Crippen LogP contribution in [-0.2, 0) is 11.2 Å². The largest absolute Gasteiger partial charge is 0.454 e. The van der Waals surface area contributed by atoms with Crippen LogP contribution in [0.3, 0.4) is 0 Å². The molecule has 3 aromatic rings. The van der Waals surface area contributed by atoms with E-state index in [0.29, 0.717) is 30.2 Å². The third-order valence-electron chi connectivity index (χ3n) is 6.17. The molecule has 5 rings (SSSR count). The summed E-state index contributed by atoms with van der Waals surface area (Å²) >= 11 is 1.68. The van der Waals surface area contributed by atoms with Gasteiger partial charge in [-0.3, -0.25) is 9.59 Å². The van der Waals surface area contributed by atoms with Crippen LogP contribution in [0.25, 0.3) is 0 Å². The van der Waals surface area contributed by atoms with Gasteiger partial charge in [0.2, 0.25) is 12.7 Å². The summed E-state index contributed by atoms with van der Waals surface area (Å²) in [5.74, 6) is 0.689. The van der Waals surface area contributed by atoms with E-state index in [0.717, 1.165) is 24.0 Å². The van der Waals surface area contributed by atoms with Crippen molar-refractivity contribution in [2.75, 3.05) is 19.9 Å². The van der Waals surface area contributed by atoms with E-state index in [-0.39, 0.29) is 18.6 Å². The lowest BCUT2D eigenvalue weighted by Gasteiger charge is -2.41. The highest BCUT2D eigenvalue weighted by atomic mass is 32.1. The molecular weight excluding hydrogens is 436 g/mol. The second kappa shape index (κ2) is 9.27. The number of nitrogens with one attached hydrogen (secondary N) is 1. The first-order valence-electron chi connectivity index (χ1n) is 11.3. The van der Waals surface area contributed by atoms with Crippen molar-refractivity contribution in [1.29, 1.82) is 0 Å². The molecule has 6 nitrogen and oxygen atoms in total. The molecule has 7 heteroatoms. The standard InChI is InChI=1S/C26H26N2O4S/c1-2-13-28-24(17-9-10-21-22(15-17)32-16-31-21)23(19-7-3-4-8-20(19)26(28)30)25(29)27-12-11-18-6-5-14-33-18/h3-10,14-15,23-24H,2,11-13,16H2,1H3,(H,27,29). The molecule has 2 unspecified atom stereocenters. The van der Waals surface area contributed by atoms with Gasteiger partial charge in [0.25, 0.3) is 5.91 Å². The molecule has 2 aliphatic rings. The Morgan fingerprint density at radius 3 is 2.79 bits per heavy atom. The van der Waals surface area contributed by atoms with Crippen LogP contribution in [0.15, 0.2) is 60.0 Å². The van der Waals surface area contributed by atoms with Gasteiger partial charge in [-0.2, -0.15) is 0 Å².